The van der Waals surface area contributed by atoms with E-state index in [2.05, 4.69) is 10.0 Å². The Hall–Kier alpha value is -2.25. The molecule has 2 rings (SSSR count). The fraction of sp³-hybridized carbons (Fsp3) is 0.235. The SMILES string of the molecule is Cc1cc(Cl)ccc1OC(C)C(=O)Nc1ccc(NS(C)(=O)=O)cc1. The molecule has 2 N–H and O–H groups in total. The van der Waals surface area contributed by atoms with Crippen LogP contribution in [0.3, 0.4) is 0 Å². The molecule has 1 unspecified atom stereocenters. The average Bonchev–Trinajstić information content (AvgIpc) is 2.50. The number of hydrogen-bond donors (Lipinski definition) is 2. The zero-order valence-corrected chi connectivity index (χ0v) is 15.6. The second-order valence-corrected chi connectivity index (χ2v) is 7.80. The van der Waals surface area contributed by atoms with Gasteiger partial charge < -0.3 is 10.1 Å². The summed E-state index contributed by atoms with van der Waals surface area (Å²) < 4.78 is 30.4. The lowest BCUT2D eigenvalue weighted by Crippen LogP contribution is -2.30. The minimum atomic E-state index is -3.34. The molecule has 0 radical (unpaired) electrons. The highest BCUT2D eigenvalue weighted by atomic mass is 35.5. The van der Waals surface area contributed by atoms with Crippen molar-refractivity contribution in [3.63, 3.8) is 0 Å². The predicted molar refractivity (Wildman–Crippen MR) is 99.8 cm³/mol. The van der Waals surface area contributed by atoms with E-state index >= 15 is 0 Å². The van der Waals surface area contributed by atoms with E-state index in [1.807, 2.05) is 6.92 Å². The van der Waals surface area contributed by atoms with Crippen LogP contribution in [0.25, 0.3) is 0 Å². The zero-order valence-electron chi connectivity index (χ0n) is 14.0. The van der Waals surface area contributed by atoms with Gasteiger partial charge in [0.2, 0.25) is 10.0 Å². The number of rotatable bonds is 6. The van der Waals surface area contributed by atoms with Crippen molar-refractivity contribution in [2.24, 2.45) is 0 Å². The van der Waals surface area contributed by atoms with Crippen LogP contribution in [0.2, 0.25) is 5.02 Å². The molecule has 8 heteroatoms. The van der Waals surface area contributed by atoms with Crippen LogP contribution in [0.5, 0.6) is 5.75 Å². The lowest BCUT2D eigenvalue weighted by atomic mass is 10.2. The largest absolute Gasteiger partial charge is 0.481 e. The van der Waals surface area contributed by atoms with Crippen LogP contribution >= 0.6 is 11.6 Å². The number of hydrogen-bond acceptors (Lipinski definition) is 4. The topological polar surface area (TPSA) is 84.5 Å². The van der Waals surface area contributed by atoms with E-state index in [4.69, 9.17) is 16.3 Å². The first-order valence-corrected chi connectivity index (χ1v) is 9.72. The summed E-state index contributed by atoms with van der Waals surface area (Å²) >= 11 is 5.90. The molecule has 0 aromatic heterocycles. The monoisotopic (exact) mass is 382 g/mol. The van der Waals surface area contributed by atoms with Crippen molar-refractivity contribution in [1.82, 2.24) is 0 Å². The lowest BCUT2D eigenvalue weighted by molar-refractivity contribution is -0.122. The first-order valence-electron chi connectivity index (χ1n) is 7.45. The van der Waals surface area contributed by atoms with E-state index < -0.39 is 16.1 Å². The molecule has 1 amide bonds. The van der Waals surface area contributed by atoms with Gasteiger partial charge in [-0.25, -0.2) is 8.42 Å². The summed E-state index contributed by atoms with van der Waals surface area (Å²) in [6.07, 6.45) is 0.356. The molecule has 0 saturated carbocycles. The molecule has 25 heavy (non-hydrogen) atoms. The molecular formula is C17H19ClN2O4S. The number of ether oxygens (including phenoxy) is 1. The highest BCUT2D eigenvalue weighted by Crippen LogP contribution is 2.23. The number of nitrogens with one attached hydrogen (secondary N) is 2. The molecule has 2 aromatic carbocycles. The minimum absolute atomic E-state index is 0.321. The fourth-order valence-corrected chi connectivity index (χ4v) is 2.86. The molecule has 6 nitrogen and oxygen atoms in total. The molecule has 0 saturated heterocycles. The van der Waals surface area contributed by atoms with Crippen molar-refractivity contribution in [2.75, 3.05) is 16.3 Å². The van der Waals surface area contributed by atoms with Crippen LogP contribution in [0.15, 0.2) is 42.5 Å². The Bertz CT molecular complexity index is 867. The summed E-state index contributed by atoms with van der Waals surface area (Å²) in [6, 6.07) is 11.5. The van der Waals surface area contributed by atoms with Crippen LogP contribution in [0.4, 0.5) is 11.4 Å². The Labute approximate surface area is 152 Å². The first-order chi connectivity index (χ1) is 11.6. The van der Waals surface area contributed by atoms with Gasteiger partial charge in [0.1, 0.15) is 5.75 Å². The van der Waals surface area contributed by atoms with Gasteiger partial charge in [0.15, 0.2) is 6.10 Å². The van der Waals surface area contributed by atoms with Crippen LogP contribution in [0.1, 0.15) is 12.5 Å². The molecule has 0 heterocycles. The number of sulfonamides is 1. The van der Waals surface area contributed by atoms with Crippen LogP contribution in [-0.2, 0) is 14.8 Å². The van der Waals surface area contributed by atoms with E-state index in [1.54, 1.807) is 49.4 Å². The van der Waals surface area contributed by atoms with E-state index in [-0.39, 0.29) is 5.91 Å². The Kier molecular flexibility index (Phi) is 5.92. The molecule has 134 valence electrons. The maximum atomic E-state index is 12.2. The second-order valence-electron chi connectivity index (χ2n) is 5.61. The van der Waals surface area contributed by atoms with Gasteiger partial charge in [-0.3, -0.25) is 9.52 Å². The Morgan fingerprint density at radius 1 is 1.12 bits per heavy atom. The van der Waals surface area contributed by atoms with Crippen LogP contribution in [0, 0.1) is 6.92 Å². The number of aryl methyl sites for hydroxylation is 1. The minimum Gasteiger partial charge on any atom is -0.481 e. The Morgan fingerprint density at radius 2 is 1.72 bits per heavy atom. The quantitative estimate of drug-likeness (QED) is 0.801. The number of carbonyl (C=O) groups excluding carboxylic acids is 1. The van der Waals surface area contributed by atoms with Crippen molar-refractivity contribution in [1.29, 1.82) is 0 Å². The van der Waals surface area contributed by atoms with Gasteiger partial charge in [-0.2, -0.15) is 0 Å². The highest BCUT2D eigenvalue weighted by Gasteiger charge is 2.16. The summed E-state index contributed by atoms with van der Waals surface area (Å²) in [5.41, 5.74) is 1.79. The summed E-state index contributed by atoms with van der Waals surface area (Å²) in [5, 5.41) is 3.32. The van der Waals surface area contributed by atoms with Crippen molar-refractivity contribution in [3.8, 4) is 5.75 Å². The Balaban J connectivity index is 1.98. The fourth-order valence-electron chi connectivity index (χ4n) is 2.07. The van der Waals surface area contributed by atoms with Gasteiger partial charge in [-0.05, 0) is 61.9 Å². The smallest absolute Gasteiger partial charge is 0.265 e. The third-order valence-corrected chi connectivity index (χ3v) is 4.11. The van der Waals surface area contributed by atoms with Crippen molar-refractivity contribution < 1.29 is 17.9 Å². The number of carbonyl (C=O) groups is 1. The summed E-state index contributed by atoms with van der Waals surface area (Å²) in [6.45, 7) is 3.49. The van der Waals surface area contributed by atoms with Gasteiger partial charge in [0.25, 0.3) is 5.91 Å². The number of benzene rings is 2. The van der Waals surface area contributed by atoms with Crippen LogP contribution < -0.4 is 14.8 Å². The van der Waals surface area contributed by atoms with E-state index in [0.717, 1.165) is 11.8 Å². The van der Waals surface area contributed by atoms with Gasteiger partial charge >= 0.3 is 0 Å². The lowest BCUT2D eigenvalue weighted by Gasteiger charge is -2.16. The van der Waals surface area contributed by atoms with Gasteiger partial charge in [0, 0.05) is 16.4 Å². The van der Waals surface area contributed by atoms with Gasteiger partial charge in [0.05, 0.1) is 6.26 Å². The summed E-state index contributed by atoms with van der Waals surface area (Å²) in [5.74, 6) is 0.262. The number of halogens is 1. The highest BCUT2D eigenvalue weighted by molar-refractivity contribution is 7.92. The van der Waals surface area contributed by atoms with Crippen molar-refractivity contribution >= 4 is 38.9 Å². The zero-order chi connectivity index (χ0) is 18.6. The molecule has 2 aromatic rings. The number of amides is 1. The van der Waals surface area contributed by atoms with Crippen LogP contribution in [-0.4, -0.2) is 26.7 Å². The summed E-state index contributed by atoms with van der Waals surface area (Å²) in [4.78, 5) is 12.2. The van der Waals surface area contributed by atoms with Gasteiger partial charge in [-0.15, -0.1) is 0 Å². The Morgan fingerprint density at radius 3 is 2.28 bits per heavy atom. The second kappa shape index (κ2) is 7.76. The molecule has 0 bridgehead atoms. The maximum absolute atomic E-state index is 12.2. The van der Waals surface area contributed by atoms with E-state index in [9.17, 15) is 13.2 Å². The average molecular weight is 383 g/mol. The third-order valence-electron chi connectivity index (χ3n) is 3.27. The molecule has 0 fully saturated rings. The van der Waals surface area contributed by atoms with Crippen molar-refractivity contribution in [3.05, 3.63) is 53.1 Å². The molecule has 0 aliphatic heterocycles. The number of anilines is 2. The third kappa shape index (κ3) is 5.95. The molecule has 0 aliphatic rings. The molecule has 1 atom stereocenters. The van der Waals surface area contributed by atoms with E-state index in [1.165, 1.54) is 0 Å². The van der Waals surface area contributed by atoms with Gasteiger partial charge in [-0.1, -0.05) is 11.6 Å². The molecule has 0 spiro atoms. The maximum Gasteiger partial charge on any atom is 0.265 e. The van der Waals surface area contributed by atoms with Crippen molar-refractivity contribution in [2.45, 2.75) is 20.0 Å². The standard InChI is InChI=1S/C17H19ClN2O4S/c1-11-10-13(18)4-9-16(11)24-12(2)17(21)19-14-5-7-15(8-6-14)20-25(3,22)23/h4-10,12,20H,1-3H3,(H,19,21). The molecular weight excluding hydrogens is 364 g/mol. The summed E-state index contributed by atoms with van der Waals surface area (Å²) in [7, 11) is -3.34. The predicted octanol–water partition coefficient (Wildman–Crippen LogP) is 3.43. The van der Waals surface area contributed by atoms with E-state index in [0.29, 0.717) is 22.1 Å². The first kappa shape index (κ1) is 19.1. The molecule has 0 aliphatic carbocycles. The normalized spacial score (nSPS) is 12.3.